The van der Waals surface area contributed by atoms with E-state index in [-0.39, 0.29) is 0 Å². The zero-order chi connectivity index (χ0) is 10.3. The van der Waals surface area contributed by atoms with E-state index in [0.29, 0.717) is 0 Å². The number of H-pyrrole nitrogens is 1. The number of hydrogen-bond acceptors (Lipinski definition) is 1. The van der Waals surface area contributed by atoms with Crippen molar-refractivity contribution < 1.29 is 4.90 Å². The van der Waals surface area contributed by atoms with Crippen LogP contribution in [0.3, 0.4) is 0 Å². The molecule has 76 valence electrons. The summed E-state index contributed by atoms with van der Waals surface area (Å²) in [5, 5.41) is 6.85. The van der Waals surface area contributed by atoms with Gasteiger partial charge in [-0.3, -0.25) is 5.10 Å². The molecule has 0 radical (unpaired) electrons. The first kappa shape index (κ1) is 8.68. The molecule has 2 heterocycles. The van der Waals surface area contributed by atoms with Gasteiger partial charge in [-0.05, 0) is 11.6 Å². The number of hydrogen-bond donors (Lipinski definition) is 2. The summed E-state index contributed by atoms with van der Waals surface area (Å²) in [5.74, 6) is 0. The molecule has 1 aromatic carbocycles. The Morgan fingerprint density at radius 1 is 1.40 bits per heavy atom. The van der Waals surface area contributed by atoms with Gasteiger partial charge < -0.3 is 4.90 Å². The highest BCUT2D eigenvalue weighted by Gasteiger charge is 2.20. The molecule has 0 bridgehead atoms. The predicted octanol–water partition coefficient (Wildman–Crippen LogP) is 0.941. The minimum atomic E-state index is 1.09. The Morgan fingerprint density at radius 3 is 3.13 bits per heavy atom. The molecule has 1 aliphatic rings. The Bertz CT molecular complexity index is 474. The van der Waals surface area contributed by atoms with Crippen molar-refractivity contribution >= 4 is 5.69 Å². The second kappa shape index (κ2) is 3.21. The molecular weight excluding hydrogens is 186 g/mol. The molecule has 0 aliphatic carbocycles. The van der Waals surface area contributed by atoms with Gasteiger partial charge in [0.25, 0.3) is 0 Å². The van der Waals surface area contributed by atoms with Crippen LogP contribution in [0.25, 0.3) is 11.1 Å². The van der Waals surface area contributed by atoms with E-state index in [0.717, 1.165) is 13.0 Å². The van der Waals surface area contributed by atoms with Crippen molar-refractivity contribution in [1.82, 2.24) is 10.2 Å². The molecule has 15 heavy (non-hydrogen) atoms. The largest absolute Gasteiger partial charge is 0.434 e. The van der Waals surface area contributed by atoms with Crippen LogP contribution >= 0.6 is 0 Å². The van der Waals surface area contributed by atoms with E-state index in [2.05, 4.69) is 35.4 Å². The number of fused-ring (bicyclic) bond motifs is 1. The summed E-state index contributed by atoms with van der Waals surface area (Å²) in [6.45, 7) is 1.09. The summed E-state index contributed by atoms with van der Waals surface area (Å²) >= 11 is 0. The second-order valence-corrected chi connectivity index (χ2v) is 3.92. The number of rotatable bonds is 1. The summed E-state index contributed by atoms with van der Waals surface area (Å²) in [7, 11) is 4.09. The summed E-state index contributed by atoms with van der Waals surface area (Å²) < 4.78 is 0. The third-order valence-electron chi connectivity index (χ3n) is 3.04. The molecule has 2 N–H and O–H groups in total. The van der Waals surface area contributed by atoms with Crippen LogP contribution in [0.1, 0.15) is 5.56 Å². The van der Waals surface area contributed by atoms with E-state index in [1.807, 2.05) is 12.4 Å². The molecule has 2 aromatic rings. The van der Waals surface area contributed by atoms with Gasteiger partial charge in [0.05, 0.1) is 12.7 Å². The lowest BCUT2D eigenvalue weighted by Crippen LogP contribution is -3.00. The molecule has 0 saturated carbocycles. The maximum Gasteiger partial charge on any atom is 0.109 e. The lowest BCUT2D eigenvalue weighted by molar-refractivity contribution is -0.775. The van der Waals surface area contributed by atoms with Gasteiger partial charge >= 0.3 is 0 Å². The van der Waals surface area contributed by atoms with Gasteiger partial charge in [-0.25, -0.2) is 0 Å². The van der Waals surface area contributed by atoms with Crippen LogP contribution in [0.5, 0.6) is 0 Å². The highest BCUT2D eigenvalue weighted by molar-refractivity contribution is 5.71. The Labute approximate surface area is 88.7 Å². The second-order valence-electron chi connectivity index (χ2n) is 3.92. The fourth-order valence-electron chi connectivity index (χ4n) is 2.27. The topological polar surface area (TPSA) is 33.1 Å². The quantitative estimate of drug-likeness (QED) is 0.658. The van der Waals surface area contributed by atoms with Crippen molar-refractivity contribution in [3.63, 3.8) is 0 Å². The summed E-state index contributed by atoms with van der Waals surface area (Å²) in [6.07, 6.45) is 4.92. The molecule has 0 saturated heterocycles. The highest BCUT2D eigenvalue weighted by atomic mass is 15.1. The van der Waals surface area contributed by atoms with Gasteiger partial charge in [-0.2, -0.15) is 5.10 Å². The number of nitrogens with one attached hydrogen (secondary N) is 2. The number of quaternary nitrogens is 1. The molecule has 3 rings (SSSR count). The van der Waals surface area contributed by atoms with Crippen LogP contribution in [0, 0.1) is 7.05 Å². The van der Waals surface area contributed by atoms with Crippen LogP contribution in [-0.4, -0.2) is 16.7 Å². The summed E-state index contributed by atoms with van der Waals surface area (Å²) in [5.41, 5.74) is 5.21. The van der Waals surface area contributed by atoms with Crippen molar-refractivity contribution in [2.24, 2.45) is 0 Å². The van der Waals surface area contributed by atoms with Crippen LogP contribution in [0.15, 0.2) is 30.6 Å². The van der Waals surface area contributed by atoms with Crippen molar-refractivity contribution in [2.45, 2.75) is 6.42 Å². The summed E-state index contributed by atoms with van der Waals surface area (Å²) in [6, 6.07) is 6.41. The third kappa shape index (κ3) is 1.27. The highest BCUT2D eigenvalue weighted by Crippen LogP contribution is 2.29. The lowest BCUT2D eigenvalue weighted by atomic mass is 10.0. The van der Waals surface area contributed by atoms with Gasteiger partial charge in [0.1, 0.15) is 5.69 Å². The molecule has 1 aromatic heterocycles. The van der Waals surface area contributed by atoms with Crippen molar-refractivity contribution in [1.29, 1.82) is 0 Å². The fraction of sp³-hybridized carbons (Fsp3) is 0.167. The Hall–Kier alpha value is -1.61. The fourth-order valence-corrected chi connectivity index (χ4v) is 2.27. The van der Waals surface area contributed by atoms with E-state index in [9.17, 15) is 0 Å². The molecule has 1 aliphatic heterocycles. The molecular formula is C12H13N3. The number of benzene rings is 1. The van der Waals surface area contributed by atoms with Crippen molar-refractivity contribution in [2.75, 3.05) is 6.54 Å². The molecule has 0 fully saturated rings. The molecule has 0 amide bonds. The van der Waals surface area contributed by atoms with E-state index in [4.69, 9.17) is 0 Å². The SMILES string of the molecule is [CH2-][NH+]1CCc2c(-c3cn[nH]c3)cccc21. The van der Waals surface area contributed by atoms with Crippen LogP contribution in [0.4, 0.5) is 5.69 Å². The van der Waals surface area contributed by atoms with E-state index in [1.54, 1.807) is 0 Å². The van der Waals surface area contributed by atoms with E-state index < -0.39 is 0 Å². The smallest absolute Gasteiger partial charge is 0.109 e. The third-order valence-corrected chi connectivity index (χ3v) is 3.04. The molecule has 1 unspecified atom stereocenters. The van der Waals surface area contributed by atoms with Crippen LogP contribution in [0.2, 0.25) is 0 Å². The Balaban J connectivity index is 2.18. The van der Waals surface area contributed by atoms with Gasteiger partial charge in [0.2, 0.25) is 0 Å². The van der Waals surface area contributed by atoms with Gasteiger partial charge in [0.15, 0.2) is 0 Å². The zero-order valence-electron chi connectivity index (χ0n) is 8.46. The first-order valence-corrected chi connectivity index (χ1v) is 5.15. The molecule has 1 atom stereocenters. The first-order chi connectivity index (χ1) is 7.36. The Kier molecular flexibility index (Phi) is 1.86. The number of aromatic amines is 1. The van der Waals surface area contributed by atoms with E-state index in [1.165, 1.54) is 27.3 Å². The zero-order valence-corrected chi connectivity index (χ0v) is 8.46. The monoisotopic (exact) mass is 199 g/mol. The van der Waals surface area contributed by atoms with Crippen molar-refractivity contribution in [3.8, 4) is 11.1 Å². The van der Waals surface area contributed by atoms with Crippen LogP contribution in [-0.2, 0) is 6.42 Å². The Morgan fingerprint density at radius 2 is 2.33 bits per heavy atom. The normalized spacial score (nSPS) is 19.1. The van der Waals surface area contributed by atoms with Crippen LogP contribution < -0.4 is 4.90 Å². The molecule has 0 spiro atoms. The minimum absolute atomic E-state index is 1.09. The number of nitrogens with zero attached hydrogens (tertiary/aromatic N) is 1. The minimum Gasteiger partial charge on any atom is -0.434 e. The maximum atomic E-state index is 4.09. The van der Waals surface area contributed by atoms with Crippen molar-refractivity contribution in [3.05, 3.63) is 43.2 Å². The van der Waals surface area contributed by atoms with E-state index >= 15 is 0 Å². The lowest BCUT2D eigenvalue weighted by Gasteiger charge is -2.13. The van der Waals surface area contributed by atoms with Gasteiger partial charge in [0, 0.05) is 23.7 Å². The van der Waals surface area contributed by atoms with Gasteiger partial charge in [-0.1, -0.05) is 12.1 Å². The number of aromatic nitrogens is 2. The first-order valence-electron chi connectivity index (χ1n) is 5.15. The van der Waals surface area contributed by atoms with Gasteiger partial charge in [-0.15, -0.1) is 7.05 Å². The predicted molar refractivity (Wildman–Crippen MR) is 58.6 cm³/mol. The average molecular weight is 199 g/mol. The standard InChI is InChI=1S/C12H13N3/c1-15-6-5-11-10(3-2-4-12(11)15)9-7-13-14-8-9/h2-4,7-8,15H,1,5-6H2,(H,13,14). The molecule has 3 nitrogen and oxygen atoms in total. The summed E-state index contributed by atoms with van der Waals surface area (Å²) in [4.78, 5) is 1.26. The average Bonchev–Trinajstić information content (AvgIpc) is 2.88. The molecule has 3 heteroatoms. The maximum absolute atomic E-state index is 4.09.